The predicted octanol–water partition coefficient (Wildman–Crippen LogP) is 0.279. The third-order valence-corrected chi connectivity index (χ3v) is 1.52. The van der Waals surface area contributed by atoms with Crippen LogP contribution in [0.2, 0.25) is 0 Å². The van der Waals surface area contributed by atoms with E-state index < -0.39 is 0 Å². The van der Waals surface area contributed by atoms with Crippen LogP contribution < -0.4 is 10.9 Å². The van der Waals surface area contributed by atoms with Crippen molar-refractivity contribution < 1.29 is 0 Å². The average molecular weight is 135 g/mol. The quantitative estimate of drug-likeness (QED) is 0.499. The summed E-state index contributed by atoms with van der Waals surface area (Å²) in [4.78, 5) is 2.10. The highest BCUT2D eigenvalue weighted by Gasteiger charge is 2.11. The summed E-state index contributed by atoms with van der Waals surface area (Å²) < 4.78 is 0. The van der Waals surface area contributed by atoms with Gasteiger partial charge in [-0.3, -0.25) is 0 Å². The number of fused-ring (bicyclic) bond motifs is 1. The van der Waals surface area contributed by atoms with E-state index in [1.807, 2.05) is 30.5 Å². The minimum Gasteiger partial charge on any atom is -0.319 e. The summed E-state index contributed by atoms with van der Waals surface area (Å²) in [7, 11) is 0. The number of nitrogens with one attached hydrogen (secondary N) is 2. The molecule has 2 aliphatic heterocycles. The van der Waals surface area contributed by atoms with E-state index >= 15 is 0 Å². The normalized spacial score (nSPS) is 21.6. The van der Waals surface area contributed by atoms with Gasteiger partial charge < -0.3 is 10.3 Å². The number of hydrazine groups is 1. The van der Waals surface area contributed by atoms with Crippen molar-refractivity contribution in [3.05, 3.63) is 36.3 Å². The molecular formula is C7H9N3. The molecular weight excluding hydrogens is 126 g/mol. The minimum atomic E-state index is 0.837. The Bertz CT molecular complexity index is 215. The summed E-state index contributed by atoms with van der Waals surface area (Å²) >= 11 is 0. The SMILES string of the molecule is C1=CC=C2NNCN2C=C1. The van der Waals surface area contributed by atoms with Gasteiger partial charge in [0.2, 0.25) is 0 Å². The minimum absolute atomic E-state index is 0.837. The molecule has 2 aliphatic rings. The smallest absolute Gasteiger partial charge is 0.121 e. The maximum atomic E-state index is 3.03. The molecule has 0 amide bonds. The van der Waals surface area contributed by atoms with Gasteiger partial charge in [0.25, 0.3) is 0 Å². The molecule has 10 heavy (non-hydrogen) atoms. The van der Waals surface area contributed by atoms with E-state index in [4.69, 9.17) is 0 Å². The van der Waals surface area contributed by atoms with Crippen LogP contribution in [0.25, 0.3) is 0 Å². The Balaban J connectivity index is 2.29. The fraction of sp³-hybridized carbons (Fsp3) is 0.143. The van der Waals surface area contributed by atoms with Gasteiger partial charge in [0.15, 0.2) is 0 Å². The summed E-state index contributed by atoms with van der Waals surface area (Å²) in [5.41, 5.74) is 6.05. The molecule has 0 saturated carbocycles. The van der Waals surface area contributed by atoms with E-state index in [2.05, 4.69) is 15.8 Å². The van der Waals surface area contributed by atoms with Crippen molar-refractivity contribution in [1.29, 1.82) is 0 Å². The van der Waals surface area contributed by atoms with Crippen LogP contribution in [0.1, 0.15) is 0 Å². The molecule has 2 rings (SSSR count). The average Bonchev–Trinajstić information content (AvgIpc) is 2.28. The number of rotatable bonds is 0. The lowest BCUT2D eigenvalue weighted by Gasteiger charge is -2.08. The maximum absolute atomic E-state index is 3.03. The summed E-state index contributed by atoms with van der Waals surface area (Å²) in [6.07, 6.45) is 10.1. The van der Waals surface area contributed by atoms with Crippen molar-refractivity contribution in [3.8, 4) is 0 Å². The lowest BCUT2D eigenvalue weighted by atomic mass is 10.5. The lowest BCUT2D eigenvalue weighted by Crippen LogP contribution is -2.20. The van der Waals surface area contributed by atoms with E-state index in [9.17, 15) is 0 Å². The zero-order chi connectivity index (χ0) is 6.81. The molecule has 0 bridgehead atoms. The van der Waals surface area contributed by atoms with Crippen molar-refractivity contribution >= 4 is 0 Å². The third kappa shape index (κ3) is 0.804. The Morgan fingerprint density at radius 3 is 3.30 bits per heavy atom. The van der Waals surface area contributed by atoms with E-state index in [-0.39, 0.29) is 0 Å². The first-order valence-electron chi connectivity index (χ1n) is 3.27. The van der Waals surface area contributed by atoms with Crippen LogP contribution in [0.5, 0.6) is 0 Å². The fourth-order valence-corrected chi connectivity index (χ4v) is 1.01. The predicted molar refractivity (Wildman–Crippen MR) is 39.3 cm³/mol. The monoisotopic (exact) mass is 135 g/mol. The van der Waals surface area contributed by atoms with E-state index in [1.54, 1.807) is 0 Å². The Morgan fingerprint density at radius 1 is 1.30 bits per heavy atom. The lowest BCUT2D eigenvalue weighted by molar-refractivity contribution is 0.517. The first kappa shape index (κ1) is 5.56. The van der Waals surface area contributed by atoms with Crippen molar-refractivity contribution in [2.75, 3.05) is 6.67 Å². The van der Waals surface area contributed by atoms with E-state index in [1.165, 1.54) is 0 Å². The highest BCUT2D eigenvalue weighted by atomic mass is 15.6. The molecule has 0 unspecified atom stereocenters. The molecule has 0 spiro atoms. The van der Waals surface area contributed by atoms with E-state index in [0.29, 0.717) is 0 Å². The molecule has 0 aromatic heterocycles. The first-order valence-corrected chi connectivity index (χ1v) is 3.27. The Kier molecular flexibility index (Phi) is 1.22. The van der Waals surface area contributed by atoms with Gasteiger partial charge in [-0.1, -0.05) is 12.2 Å². The molecule has 3 heteroatoms. The summed E-state index contributed by atoms with van der Waals surface area (Å²) in [6.45, 7) is 0.837. The largest absolute Gasteiger partial charge is 0.319 e. The Hall–Kier alpha value is -1.22. The van der Waals surface area contributed by atoms with Gasteiger partial charge >= 0.3 is 0 Å². The molecule has 1 fully saturated rings. The van der Waals surface area contributed by atoms with Gasteiger partial charge in [-0.15, -0.1) is 0 Å². The van der Waals surface area contributed by atoms with Crippen molar-refractivity contribution in [3.63, 3.8) is 0 Å². The van der Waals surface area contributed by atoms with Crippen LogP contribution in [-0.2, 0) is 0 Å². The van der Waals surface area contributed by atoms with Crippen LogP contribution in [0.15, 0.2) is 36.3 Å². The molecule has 52 valence electrons. The standard InChI is InChI=1S/C7H9N3/c1-2-4-7-9-8-6-10(7)5-3-1/h1-5,8-9H,6H2. The van der Waals surface area contributed by atoms with Crippen molar-refractivity contribution in [2.24, 2.45) is 0 Å². The highest BCUT2D eigenvalue weighted by Crippen LogP contribution is 2.07. The summed E-state index contributed by atoms with van der Waals surface area (Å²) in [5.74, 6) is 1.10. The number of nitrogens with zero attached hydrogens (tertiary/aromatic N) is 1. The van der Waals surface area contributed by atoms with Gasteiger partial charge in [-0.2, -0.15) is 0 Å². The molecule has 0 radical (unpaired) electrons. The van der Waals surface area contributed by atoms with Gasteiger partial charge in [-0.05, 0) is 12.2 Å². The molecule has 0 aromatic rings. The fourth-order valence-electron chi connectivity index (χ4n) is 1.01. The number of allylic oxidation sites excluding steroid dienone is 4. The van der Waals surface area contributed by atoms with Crippen LogP contribution in [-0.4, -0.2) is 11.6 Å². The Labute approximate surface area is 59.7 Å². The number of hydrogen-bond donors (Lipinski definition) is 2. The molecule has 2 heterocycles. The number of hydrogen-bond acceptors (Lipinski definition) is 3. The summed E-state index contributed by atoms with van der Waals surface area (Å²) in [6, 6.07) is 0. The maximum Gasteiger partial charge on any atom is 0.121 e. The van der Waals surface area contributed by atoms with Gasteiger partial charge in [0.1, 0.15) is 5.82 Å². The topological polar surface area (TPSA) is 27.3 Å². The van der Waals surface area contributed by atoms with Gasteiger partial charge in [-0.25, -0.2) is 5.43 Å². The van der Waals surface area contributed by atoms with Crippen LogP contribution >= 0.6 is 0 Å². The second kappa shape index (κ2) is 2.19. The molecule has 2 N–H and O–H groups in total. The molecule has 1 saturated heterocycles. The van der Waals surface area contributed by atoms with Crippen molar-refractivity contribution in [2.45, 2.75) is 0 Å². The van der Waals surface area contributed by atoms with Crippen LogP contribution in [0.4, 0.5) is 0 Å². The third-order valence-electron chi connectivity index (χ3n) is 1.52. The van der Waals surface area contributed by atoms with Gasteiger partial charge in [0, 0.05) is 6.20 Å². The highest BCUT2D eigenvalue weighted by molar-refractivity contribution is 5.21. The zero-order valence-corrected chi connectivity index (χ0v) is 5.54. The second-order valence-corrected chi connectivity index (χ2v) is 2.21. The molecule has 0 aromatic carbocycles. The second-order valence-electron chi connectivity index (χ2n) is 2.21. The van der Waals surface area contributed by atoms with Gasteiger partial charge in [0.05, 0.1) is 6.67 Å². The van der Waals surface area contributed by atoms with Crippen LogP contribution in [0.3, 0.4) is 0 Å². The van der Waals surface area contributed by atoms with E-state index in [0.717, 1.165) is 12.5 Å². The molecule has 0 aliphatic carbocycles. The Morgan fingerprint density at radius 2 is 2.30 bits per heavy atom. The zero-order valence-electron chi connectivity index (χ0n) is 5.54. The molecule has 0 atom stereocenters. The summed E-state index contributed by atoms with van der Waals surface area (Å²) in [5, 5.41) is 0. The first-order chi connectivity index (χ1) is 4.97. The van der Waals surface area contributed by atoms with Crippen LogP contribution in [0, 0.1) is 0 Å². The van der Waals surface area contributed by atoms with Crippen molar-refractivity contribution in [1.82, 2.24) is 15.8 Å². The molecule has 3 nitrogen and oxygen atoms in total.